The third-order valence-corrected chi connectivity index (χ3v) is 7.00. The summed E-state index contributed by atoms with van der Waals surface area (Å²) < 4.78 is 0. The van der Waals surface area contributed by atoms with Crippen molar-refractivity contribution in [2.75, 3.05) is 13.1 Å². The molecule has 176 valence electrons. The second-order valence-electron chi connectivity index (χ2n) is 9.42. The number of aromatic amines is 2. The van der Waals surface area contributed by atoms with Gasteiger partial charge >= 0.3 is 0 Å². The van der Waals surface area contributed by atoms with Crippen LogP contribution in [0.3, 0.4) is 0 Å². The van der Waals surface area contributed by atoms with Crippen molar-refractivity contribution in [3.8, 4) is 33.8 Å². The van der Waals surface area contributed by atoms with Gasteiger partial charge in [-0.1, -0.05) is 18.2 Å². The van der Waals surface area contributed by atoms with Gasteiger partial charge in [-0.15, -0.1) is 0 Å². The molecule has 1 saturated heterocycles. The summed E-state index contributed by atoms with van der Waals surface area (Å²) in [5.74, 6) is 0. The highest BCUT2D eigenvalue weighted by Crippen LogP contribution is 2.34. The zero-order valence-corrected chi connectivity index (χ0v) is 19.8. The van der Waals surface area contributed by atoms with E-state index < -0.39 is 0 Å². The molecule has 0 spiro atoms. The van der Waals surface area contributed by atoms with E-state index in [9.17, 15) is 0 Å². The highest BCUT2D eigenvalue weighted by molar-refractivity contribution is 6.00. The summed E-state index contributed by atoms with van der Waals surface area (Å²) in [5, 5.41) is 8.91. The zero-order chi connectivity index (χ0) is 23.9. The summed E-state index contributed by atoms with van der Waals surface area (Å²) in [4.78, 5) is 19.9. The maximum Gasteiger partial charge on any atom is 0.135 e. The summed E-state index contributed by atoms with van der Waals surface area (Å²) in [6.45, 7) is 3.27. The van der Waals surface area contributed by atoms with Crippen molar-refractivity contribution >= 4 is 21.9 Å². The van der Waals surface area contributed by atoms with Gasteiger partial charge in [-0.2, -0.15) is 5.10 Å². The summed E-state index contributed by atoms with van der Waals surface area (Å²) in [5.41, 5.74) is 9.90. The Morgan fingerprint density at radius 1 is 0.833 bits per heavy atom. The lowest BCUT2D eigenvalue weighted by Gasteiger charge is -2.14. The number of benzene rings is 1. The van der Waals surface area contributed by atoms with Gasteiger partial charge in [-0.25, -0.2) is 4.98 Å². The molecule has 0 amide bonds. The van der Waals surface area contributed by atoms with E-state index in [4.69, 9.17) is 4.98 Å². The van der Waals surface area contributed by atoms with Crippen LogP contribution in [0.2, 0.25) is 0 Å². The fourth-order valence-corrected chi connectivity index (χ4v) is 5.22. The van der Waals surface area contributed by atoms with Gasteiger partial charge in [-0.05, 0) is 73.5 Å². The highest BCUT2D eigenvalue weighted by Gasteiger charge is 2.16. The second-order valence-corrected chi connectivity index (χ2v) is 9.42. The van der Waals surface area contributed by atoms with Gasteiger partial charge in [-0.3, -0.25) is 20.0 Å². The Morgan fingerprint density at radius 3 is 2.64 bits per heavy atom. The minimum absolute atomic E-state index is 0.807. The molecule has 5 aromatic heterocycles. The molecular weight excluding hydrogens is 446 g/mol. The normalized spacial score (nSPS) is 14.2. The van der Waals surface area contributed by atoms with E-state index in [-0.39, 0.29) is 0 Å². The minimum atomic E-state index is 0.807. The SMILES string of the molecule is c1cncc(-c2cccc3[nH]c(-c4n[nH]c5ccc(-c6cncc(CN7CCCC7)c6)nc45)cc23)c1. The van der Waals surface area contributed by atoms with Crippen LogP contribution in [-0.2, 0) is 6.54 Å². The van der Waals surface area contributed by atoms with Crippen molar-refractivity contribution in [2.24, 2.45) is 0 Å². The van der Waals surface area contributed by atoms with Crippen LogP contribution in [0.15, 0.2) is 79.4 Å². The molecule has 0 bridgehead atoms. The number of likely N-dealkylation sites (tertiary alicyclic amines) is 1. The Labute approximate surface area is 208 Å². The number of H-pyrrole nitrogens is 2. The van der Waals surface area contributed by atoms with Gasteiger partial charge in [0, 0.05) is 53.4 Å². The van der Waals surface area contributed by atoms with Crippen LogP contribution in [-0.4, -0.2) is 48.1 Å². The molecular formula is C29H25N7. The second kappa shape index (κ2) is 8.70. The number of hydrogen-bond acceptors (Lipinski definition) is 5. The van der Waals surface area contributed by atoms with Crippen LogP contribution in [0.1, 0.15) is 18.4 Å². The number of hydrogen-bond donors (Lipinski definition) is 2. The Balaban J connectivity index is 1.28. The lowest BCUT2D eigenvalue weighted by atomic mass is 10.0. The monoisotopic (exact) mass is 471 g/mol. The molecule has 1 aliphatic heterocycles. The molecule has 7 heteroatoms. The Morgan fingerprint density at radius 2 is 1.75 bits per heavy atom. The number of fused-ring (bicyclic) bond motifs is 2. The molecule has 0 saturated carbocycles. The molecule has 0 unspecified atom stereocenters. The van der Waals surface area contributed by atoms with Crippen LogP contribution in [0.5, 0.6) is 0 Å². The van der Waals surface area contributed by atoms with E-state index >= 15 is 0 Å². The lowest BCUT2D eigenvalue weighted by Crippen LogP contribution is -2.18. The summed E-state index contributed by atoms with van der Waals surface area (Å²) >= 11 is 0. The largest absolute Gasteiger partial charge is 0.353 e. The van der Waals surface area contributed by atoms with Crippen LogP contribution >= 0.6 is 0 Å². The first-order chi connectivity index (χ1) is 17.8. The van der Waals surface area contributed by atoms with Gasteiger partial charge in [0.25, 0.3) is 0 Å². The summed E-state index contributed by atoms with van der Waals surface area (Å²) in [7, 11) is 0. The summed E-state index contributed by atoms with van der Waals surface area (Å²) in [6, 6.07) is 18.8. The van der Waals surface area contributed by atoms with E-state index in [2.05, 4.69) is 66.4 Å². The standard InChI is InChI=1S/C29H25N7/c1-2-12-36(11-1)18-19-13-21(17-31-15-19)24-8-9-26-28(33-24)29(35-34-26)27-14-23-22(6-3-7-25(23)32-27)20-5-4-10-30-16-20/h3-10,13-17,32H,1-2,11-12,18H2,(H,34,35). The first-order valence-electron chi connectivity index (χ1n) is 12.4. The topological polar surface area (TPSA) is 86.4 Å². The maximum atomic E-state index is 5.03. The smallest absolute Gasteiger partial charge is 0.135 e. The van der Waals surface area contributed by atoms with Crippen LogP contribution in [0, 0.1) is 0 Å². The van der Waals surface area contributed by atoms with Gasteiger partial charge in [0.05, 0.1) is 16.9 Å². The van der Waals surface area contributed by atoms with Crippen molar-refractivity contribution < 1.29 is 0 Å². The Hall–Kier alpha value is -4.36. The number of nitrogens with one attached hydrogen (secondary N) is 2. The molecule has 1 fully saturated rings. The predicted molar refractivity (Wildman–Crippen MR) is 142 cm³/mol. The fraction of sp³-hybridized carbons (Fsp3) is 0.172. The van der Waals surface area contributed by atoms with E-state index in [1.165, 1.54) is 31.5 Å². The molecule has 7 rings (SSSR count). The van der Waals surface area contributed by atoms with E-state index in [0.717, 1.165) is 62.3 Å². The van der Waals surface area contributed by atoms with Crippen LogP contribution < -0.4 is 0 Å². The van der Waals surface area contributed by atoms with Gasteiger partial charge in [0.15, 0.2) is 0 Å². The first-order valence-corrected chi connectivity index (χ1v) is 12.4. The zero-order valence-electron chi connectivity index (χ0n) is 19.8. The number of nitrogens with zero attached hydrogens (tertiary/aromatic N) is 5. The number of rotatable bonds is 5. The molecule has 6 aromatic rings. The van der Waals surface area contributed by atoms with Crippen LogP contribution in [0.25, 0.3) is 55.7 Å². The van der Waals surface area contributed by atoms with Crippen molar-refractivity contribution in [1.29, 1.82) is 0 Å². The molecule has 2 N–H and O–H groups in total. The Kier molecular flexibility index (Phi) is 5.06. The quantitative estimate of drug-likeness (QED) is 0.331. The average Bonchev–Trinajstić information content (AvgIpc) is 3.68. The predicted octanol–water partition coefficient (Wildman–Crippen LogP) is 5.83. The number of aromatic nitrogens is 6. The van der Waals surface area contributed by atoms with Gasteiger partial charge in [0.1, 0.15) is 11.2 Å². The van der Waals surface area contributed by atoms with Gasteiger partial charge < -0.3 is 4.98 Å². The van der Waals surface area contributed by atoms with E-state index in [1.807, 2.05) is 36.8 Å². The molecule has 1 aliphatic rings. The van der Waals surface area contributed by atoms with E-state index in [1.54, 1.807) is 6.20 Å². The Bertz CT molecular complexity index is 1680. The fourth-order valence-electron chi connectivity index (χ4n) is 5.22. The van der Waals surface area contributed by atoms with Crippen molar-refractivity contribution in [3.63, 3.8) is 0 Å². The van der Waals surface area contributed by atoms with Crippen molar-refractivity contribution in [3.05, 3.63) is 84.9 Å². The third kappa shape index (κ3) is 3.74. The molecule has 7 nitrogen and oxygen atoms in total. The van der Waals surface area contributed by atoms with Crippen LogP contribution in [0.4, 0.5) is 0 Å². The lowest BCUT2D eigenvalue weighted by molar-refractivity contribution is 0.331. The van der Waals surface area contributed by atoms with Gasteiger partial charge in [0.2, 0.25) is 0 Å². The van der Waals surface area contributed by atoms with E-state index in [0.29, 0.717) is 0 Å². The first kappa shape index (κ1) is 21.0. The molecule has 6 heterocycles. The number of pyridine rings is 3. The molecule has 0 aliphatic carbocycles. The molecule has 1 aromatic carbocycles. The summed E-state index contributed by atoms with van der Waals surface area (Å²) in [6.07, 6.45) is 10.1. The maximum absolute atomic E-state index is 5.03. The average molecular weight is 472 g/mol. The minimum Gasteiger partial charge on any atom is -0.353 e. The molecule has 36 heavy (non-hydrogen) atoms. The van der Waals surface area contributed by atoms with Crippen molar-refractivity contribution in [1.82, 2.24) is 35.0 Å². The van der Waals surface area contributed by atoms with Crippen molar-refractivity contribution in [2.45, 2.75) is 19.4 Å². The highest BCUT2D eigenvalue weighted by atomic mass is 15.1. The molecule has 0 atom stereocenters. The third-order valence-electron chi connectivity index (χ3n) is 7.00. The molecule has 0 radical (unpaired) electrons.